The van der Waals surface area contributed by atoms with Crippen molar-refractivity contribution in [3.05, 3.63) is 60.4 Å². The molecule has 1 saturated heterocycles. The number of halogens is 1. The third kappa shape index (κ3) is 4.01. The molecule has 0 radical (unpaired) electrons. The second-order valence-corrected chi connectivity index (χ2v) is 6.81. The number of hydrogen-bond donors (Lipinski definition) is 2. The van der Waals surface area contributed by atoms with Crippen LogP contribution in [0, 0.1) is 5.82 Å². The van der Waals surface area contributed by atoms with E-state index in [4.69, 9.17) is 0 Å². The number of amides is 1. The van der Waals surface area contributed by atoms with E-state index in [0.29, 0.717) is 11.5 Å². The zero-order valence-corrected chi connectivity index (χ0v) is 15.5. The first-order chi connectivity index (χ1) is 13.6. The lowest BCUT2D eigenvalue weighted by Crippen LogP contribution is -2.44. The molecule has 1 aliphatic rings. The van der Waals surface area contributed by atoms with Crippen LogP contribution >= 0.6 is 0 Å². The highest BCUT2D eigenvalue weighted by molar-refractivity contribution is 6.03. The summed E-state index contributed by atoms with van der Waals surface area (Å²) in [5.74, 6) is 0.664. The summed E-state index contributed by atoms with van der Waals surface area (Å²) in [4.78, 5) is 28.4. The number of anilines is 2. The molecule has 1 fully saturated rings. The van der Waals surface area contributed by atoms with Crippen LogP contribution in [-0.4, -0.2) is 59.0 Å². The van der Waals surface area contributed by atoms with Gasteiger partial charge in [-0.2, -0.15) is 0 Å². The fourth-order valence-electron chi connectivity index (χ4n) is 3.14. The normalized spacial score (nSPS) is 14.9. The summed E-state index contributed by atoms with van der Waals surface area (Å²) in [7, 11) is 2.10. The van der Waals surface area contributed by atoms with Gasteiger partial charge < -0.3 is 20.1 Å². The zero-order chi connectivity index (χ0) is 19.5. The number of carbonyl (C=O) groups excluding carboxylic acids is 1. The van der Waals surface area contributed by atoms with E-state index in [9.17, 15) is 9.18 Å². The lowest BCUT2D eigenvalue weighted by Gasteiger charge is -2.33. The Kier molecular flexibility index (Phi) is 5.03. The standard InChI is InChI=1S/C20H21FN6O/c1-26-6-8-27(9-7-26)19-11-18(23-13-24-19)25-20(28)17-10-15(12-22-17)14-2-4-16(21)5-3-14/h2-5,10-13,22H,6-9H2,1H3,(H,23,24,25,28). The Morgan fingerprint density at radius 1 is 1.07 bits per heavy atom. The average molecular weight is 380 g/mol. The minimum absolute atomic E-state index is 0.294. The number of piperazine rings is 1. The van der Waals surface area contributed by atoms with Crippen LogP contribution in [0.25, 0.3) is 11.1 Å². The Morgan fingerprint density at radius 3 is 2.57 bits per heavy atom. The molecule has 3 aromatic rings. The molecule has 144 valence electrons. The van der Waals surface area contributed by atoms with Gasteiger partial charge in [-0.25, -0.2) is 14.4 Å². The predicted molar refractivity (Wildman–Crippen MR) is 106 cm³/mol. The van der Waals surface area contributed by atoms with Crippen LogP contribution in [0.4, 0.5) is 16.0 Å². The summed E-state index contributed by atoms with van der Waals surface area (Å²) >= 11 is 0. The van der Waals surface area contributed by atoms with Crippen molar-refractivity contribution in [2.24, 2.45) is 0 Å². The van der Waals surface area contributed by atoms with Crippen molar-refractivity contribution < 1.29 is 9.18 Å². The van der Waals surface area contributed by atoms with Crippen molar-refractivity contribution in [1.29, 1.82) is 0 Å². The van der Waals surface area contributed by atoms with E-state index in [2.05, 4.69) is 37.1 Å². The number of carbonyl (C=O) groups is 1. The number of H-pyrrole nitrogens is 1. The first kappa shape index (κ1) is 18.1. The summed E-state index contributed by atoms with van der Waals surface area (Å²) in [6.45, 7) is 3.72. The predicted octanol–water partition coefficient (Wildman–Crippen LogP) is 2.61. The van der Waals surface area contributed by atoms with Gasteiger partial charge in [-0.3, -0.25) is 4.79 Å². The second-order valence-electron chi connectivity index (χ2n) is 6.81. The molecule has 1 aliphatic heterocycles. The van der Waals surface area contributed by atoms with Crippen LogP contribution in [0.3, 0.4) is 0 Å². The number of likely N-dealkylation sites (N-methyl/N-ethyl adjacent to an activating group) is 1. The zero-order valence-electron chi connectivity index (χ0n) is 15.5. The number of aromatic amines is 1. The number of nitrogens with one attached hydrogen (secondary N) is 2. The van der Waals surface area contributed by atoms with Crippen LogP contribution in [0.5, 0.6) is 0 Å². The van der Waals surface area contributed by atoms with Gasteiger partial charge in [0.1, 0.15) is 29.5 Å². The van der Waals surface area contributed by atoms with Gasteiger partial charge >= 0.3 is 0 Å². The lowest BCUT2D eigenvalue weighted by molar-refractivity contribution is 0.102. The van der Waals surface area contributed by atoms with Crippen molar-refractivity contribution in [3.63, 3.8) is 0 Å². The van der Waals surface area contributed by atoms with Crippen LogP contribution in [0.1, 0.15) is 10.5 Å². The van der Waals surface area contributed by atoms with Crippen molar-refractivity contribution in [3.8, 4) is 11.1 Å². The van der Waals surface area contributed by atoms with E-state index in [0.717, 1.165) is 43.1 Å². The lowest BCUT2D eigenvalue weighted by atomic mass is 10.1. The van der Waals surface area contributed by atoms with E-state index in [1.165, 1.54) is 18.5 Å². The van der Waals surface area contributed by atoms with Crippen LogP contribution in [0.15, 0.2) is 48.9 Å². The highest BCUT2D eigenvalue weighted by Crippen LogP contribution is 2.21. The molecular formula is C20H21FN6O. The highest BCUT2D eigenvalue weighted by atomic mass is 19.1. The first-order valence-electron chi connectivity index (χ1n) is 9.10. The van der Waals surface area contributed by atoms with Crippen molar-refractivity contribution in [2.75, 3.05) is 43.4 Å². The molecule has 4 rings (SSSR count). The maximum absolute atomic E-state index is 13.1. The second kappa shape index (κ2) is 7.77. The molecular weight excluding hydrogens is 359 g/mol. The molecule has 1 amide bonds. The Morgan fingerprint density at radius 2 is 1.82 bits per heavy atom. The number of benzene rings is 1. The van der Waals surface area contributed by atoms with E-state index >= 15 is 0 Å². The van der Waals surface area contributed by atoms with Gasteiger partial charge in [-0.15, -0.1) is 0 Å². The van der Waals surface area contributed by atoms with Crippen LogP contribution in [-0.2, 0) is 0 Å². The largest absolute Gasteiger partial charge is 0.357 e. The molecule has 3 heterocycles. The Balaban J connectivity index is 1.45. The smallest absolute Gasteiger partial charge is 0.273 e. The average Bonchev–Trinajstić information content (AvgIpc) is 3.20. The molecule has 7 nitrogen and oxygen atoms in total. The highest BCUT2D eigenvalue weighted by Gasteiger charge is 2.17. The van der Waals surface area contributed by atoms with Gasteiger partial charge in [-0.05, 0) is 36.4 Å². The number of aromatic nitrogens is 3. The number of hydrogen-bond acceptors (Lipinski definition) is 5. The van der Waals surface area contributed by atoms with Crippen LogP contribution < -0.4 is 10.2 Å². The van der Waals surface area contributed by atoms with Crippen molar-refractivity contribution in [1.82, 2.24) is 19.9 Å². The molecule has 0 atom stereocenters. The molecule has 0 bridgehead atoms. The van der Waals surface area contributed by atoms with E-state index in [1.807, 2.05) is 0 Å². The summed E-state index contributed by atoms with van der Waals surface area (Å²) in [6, 6.07) is 9.64. The van der Waals surface area contributed by atoms with Crippen LogP contribution in [0.2, 0.25) is 0 Å². The molecule has 2 aromatic heterocycles. The van der Waals surface area contributed by atoms with Gasteiger partial charge in [0.25, 0.3) is 5.91 Å². The van der Waals surface area contributed by atoms with Gasteiger partial charge in [0, 0.05) is 38.4 Å². The molecule has 28 heavy (non-hydrogen) atoms. The quantitative estimate of drug-likeness (QED) is 0.728. The van der Waals surface area contributed by atoms with E-state index < -0.39 is 0 Å². The Hall–Kier alpha value is -3.26. The van der Waals surface area contributed by atoms with Gasteiger partial charge in [-0.1, -0.05) is 12.1 Å². The third-order valence-electron chi connectivity index (χ3n) is 4.83. The van der Waals surface area contributed by atoms with E-state index in [1.54, 1.807) is 30.5 Å². The maximum atomic E-state index is 13.1. The third-order valence-corrected chi connectivity index (χ3v) is 4.83. The minimum Gasteiger partial charge on any atom is -0.357 e. The van der Waals surface area contributed by atoms with E-state index in [-0.39, 0.29) is 11.7 Å². The molecule has 0 saturated carbocycles. The number of rotatable bonds is 4. The summed E-state index contributed by atoms with van der Waals surface area (Å²) in [5.41, 5.74) is 2.04. The molecule has 0 spiro atoms. The van der Waals surface area contributed by atoms with Crippen molar-refractivity contribution >= 4 is 17.5 Å². The minimum atomic E-state index is -0.295. The fraction of sp³-hybridized carbons (Fsp3) is 0.250. The monoisotopic (exact) mass is 380 g/mol. The van der Waals surface area contributed by atoms with Gasteiger partial charge in [0.15, 0.2) is 0 Å². The Labute approximate surface area is 162 Å². The summed E-state index contributed by atoms with van der Waals surface area (Å²) in [6.07, 6.45) is 3.18. The number of nitrogens with zero attached hydrogens (tertiary/aromatic N) is 4. The van der Waals surface area contributed by atoms with Gasteiger partial charge in [0.05, 0.1) is 0 Å². The molecule has 2 N–H and O–H groups in total. The molecule has 0 aliphatic carbocycles. The van der Waals surface area contributed by atoms with Crippen molar-refractivity contribution in [2.45, 2.75) is 0 Å². The molecule has 1 aromatic carbocycles. The topological polar surface area (TPSA) is 77.1 Å². The summed E-state index contributed by atoms with van der Waals surface area (Å²) in [5, 5.41) is 2.80. The maximum Gasteiger partial charge on any atom is 0.273 e. The van der Waals surface area contributed by atoms with Gasteiger partial charge in [0.2, 0.25) is 0 Å². The summed E-state index contributed by atoms with van der Waals surface area (Å²) < 4.78 is 13.1. The fourth-order valence-corrected chi connectivity index (χ4v) is 3.14. The Bertz CT molecular complexity index is 963. The molecule has 8 heteroatoms. The SMILES string of the molecule is CN1CCN(c2cc(NC(=O)c3cc(-c4ccc(F)cc4)c[nH]3)ncn2)CC1. The molecule has 0 unspecified atom stereocenters. The first-order valence-corrected chi connectivity index (χ1v) is 9.10.